The molecule has 0 aliphatic heterocycles. The molecular formula is C12H11N2O3-. The standard InChI is InChI=1S/C12H12N2O3/c1-7-9-5-3-4-6-10(9)11(15)14(13-7)8(2)12(16)17/h3-6,8H,1-2H3,(H,16,17)/p-1/t8-/m1/s1. The lowest BCUT2D eigenvalue weighted by atomic mass is 10.1. The van der Waals surface area contributed by atoms with Crippen LogP contribution in [0.2, 0.25) is 0 Å². The predicted octanol–water partition coefficient (Wildman–Crippen LogP) is 0.0158. The van der Waals surface area contributed by atoms with Crippen molar-refractivity contribution in [2.45, 2.75) is 19.9 Å². The van der Waals surface area contributed by atoms with Gasteiger partial charge in [-0.2, -0.15) is 5.10 Å². The van der Waals surface area contributed by atoms with Gasteiger partial charge in [-0.25, -0.2) is 4.68 Å². The van der Waals surface area contributed by atoms with Crippen molar-refractivity contribution in [3.63, 3.8) is 0 Å². The van der Waals surface area contributed by atoms with Crippen LogP contribution in [0.5, 0.6) is 0 Å². The fraction of sp³-hybridized carbons (Fsp3) is 0.250. The van der Waals surface area contributed by atoms with Crippen molar-refractivity contribution < 1.29 is 9.90 Å². The Kier molecular flexibility index (Phi) is 2.67. The Balaban J connectivity index is 2.80. The Morgan fingerprint density at radius 2 is 1.94 bits per heavy atom. The minimum absolute atomic E-state index is 0.414. The number of benzene rings is 1. The Bertz CT molecular complexity index is 646. The van der Waals surface area contributed by atoms with Crippen LogP contribution in [-0.2, 0) is 4.79 Å². The van der Waals surface area contributed by atoms with Crippen molar-refractivity contribution in [2.24, 2.45) is 0 Å². The molecule has 0 bridgehead atoms. The molecule has 5 nitrogen and oxygen atoms in total. The van der Waals surface area contributed by atoms with E-state index >= 15 is 0 Å². The average Bonchev–Trinajstić information content (AvgIpc) is 2.33. The highest BCUT2D eigenvalue weighted by Gasteiger charge is 2.12. The van der Waals surface area contributed by atoms with E-state index in [1.807, 2.05) is 6.07 Å². The monoisotopic (exact) mass is 231 g/mol. The molecule has 1 heterocycles. The largest absolute Gasteiger partial charge is 0.548 e. The molecule has 0 amide bonds. The second-order valence-corrected chi connectivity index (χ2v) is 3.88. The fourth-order valence-corrected chi connectivity index (χ4v) is 1.73. The van der Waals surface area contributed by atoms with Gasteiger partial charge in [0.2, 0.25) is 0 Å². The molecule has 0 aliphatic carbocycles. The quantitative estimate of drug-likeness (QED) is 0.730. The first-order valence-electron chi connectivity index (χ1n) is 5.21. The number of carbonyl (C=O) groups is 1. The van der Waals surface area contributed by atoms with E-state index in [2.05, 4.69) is 5.10 Å². The number of hydrogen-bond donors (Lipinski definition) is 0. The van der Waals surface area contributed by atoms with Crippen LogP contribution in [0.3, 0.4) is 0 Å². The van der Waals surface area contributed by atoms with Crippen molar-refractivity contribution in [3.8, 4) is 0 Å². The van der Waals surface area contributed by atoms with E-state index in [9.17, 15) is 14.7 Å². The van der Waals surface area contributed by atoms with Crippen LogP contribution < -0.4 is 10.7 Å². The van der Waals surface area contributed by atoms with Gasteiger partial charge >= 0.3 is 0 Å². The molecule has 0 fully saturated rings. The van der Waals surface area contributed by atoms with Gasteiger partial charge in [-0.05, 0) is 19.9 Å². The molecule has 1 atom stereocenters. The number of rotatable bonds is 2. The number of hydrogen-bond acceptors (Lipinski definition) is 4. The Morgan fingerprint density at radius 1 is 1.35 bits per heavy atom. The van der Waals surface area contributed by atoms with E-state index in [0.717, 1.165) is 10.1 Å². The molecule has 1 aromatic carbocycles. The summed E-state index contributed by atoms with van der Waals surface area (Å²) in [6, 6.07) is 5.91. The van der Waals surface area contributed by atoms with Crippen molar-refractivity contribution >= 4 is 16.7 Å². The molecule has 17 heavy (non-hydrogen) atoms. The summed E-state index contributed by atoms with van der Waals surface area (Å²) in [5.74, 6) is -1.32. The van der Waals surface area contributed by atoms with E-state index in [1.54, 1.807) is 25.1 Å². The van der Waals surface area contributed by atoms with Crippen LogP contribution in [0.15, 0.2) is 29.1 Å². The lowest BCUT2D eigenvalue weighted by Crippen LogP contribution is -2.38. The van der Waals surface area contributed by atoms with Crippen LogP contribution in [0.1, 0.15) is 18.7 Å². The number of aliphatic carboxylic acids is 1. The highest BCUT2D eigenvalue weighted by atomic mass is 16.4. The fourth-order valence-electron chi connectivity index (χ4n) is 1.73. The zero-order valence-electron chi connectivity index (χ0n) is 9.51. The summed E-state index contributed by atoms with van der Waals surface area (Å²) in [4.78, 5) is 22.8. The number of aryl methyl sites for hydroxylation is 1. The minimum atomic E-state index is -1.32. The Morgan fingerprint density at radius 3 is 2.53 bits per heavy atom. The van der Waals surface area contributed by atoms with E-state index in [0.29, 0.717) is 11.1 Å². The molecule has 2 aromatic rings. The third-order valence-electron chi connectivity index (χ3n) is 2.72. The van der Waals surface area contributed by atoms with Gasteiger partial charge in [0.15, 0.2) is 0 Å². The SMILES string of the molecule is Cc1nn([C@H](C)C(=O)[O-])c(=O)c2ccccc12. The smallest absolute Gasteiger partial charge is 0.275 e. The first-order valence-corrected chi connectivity index (χ1v) is 5.21. The molecule has 2 rings (SSSR count). The summed E-state index contributed by atoms with van der Waals surface area (Å²) >= 11 is 0. The summed E-state index contributed by atoms with van der Waals surface area (Å²) < 4.78 is 0.951. The van der Waals surface area contributed by atoms with E-state index < -0.39 is 17.6 Å². The van der Waals surface area contributed by atoms with Crippen LogP contribution >= 0.6 is 0 Å². The zero-order chi connectivity index (χ0) is 12.6. The van der Waals surface area contributed by atoms with Crippen molar-refractivity contribution in [3.05, 3.63) is 40.3 Å². The van der Waals surface area contributed by atoms with Gasteiger partial charge in [-0.15, -0.1) is 0 Å². The third-order valence-corrected chi connectivity index (χ3v) is 2.72. The molecule has 0 saturated carbocycles. The van der Waals surface area contributed by atoms with Crippen molar-refractivity contribution in [2.75, 3.05) is 0 Å². The summed E-state index contributed by atoms with van der Waals surface area (Å²) in [5, 5.41) is 16.0. The summed E-state index contributed by atoms with van der Waals surface area (Å²) in [6.45, 7) is 3.11. The average molecular weight is 231 g/mol. The molecular weight excluding hydrogens is 220 g/mol. The number of carboxylic acids is 1. The lowest BCUT2D eigenvalue weighted by Gasteiger charge is -2.16. The normalized spacial score (nSPS) is 12.6. The van der Waals surface area contributed by atoms with Crippen molar-refractivity contribution in [1.29, 1.82) is 0 Å². The first-order chi connectivity index (χ1) is 8.02. The summed E-state index contributed by atoms with van der Waals surface area (Å²) in [5.41, 5.74) is 0.205. The van der Waals surface area contributed by atoms with Gasteiger partial charge < -0.3 is 9.90 Å². The maximum Gasteiger partial charge on any atom is 0.275 e. The van der Waals surface area contributed by atoms with E-state index in [-0.39, 0.29) is 0 Å². The van der Waals surface area contributed by atoms with Gasteiger partial charge in [0.05, 0.1) is 23.1 Å². The predicted molar refractivity (Wildman–Crippen MR) is 60.5 cm³/mol. The third kappa shape index (κ3) is 1.80. The number of carboxylic acid groups (broad SMARTS) is 1. The molecule has 88 valence electrons. The number of aromatic nitrogens is 2. The highest BCUT2D eigenvalue weighted by molar-refractivity contribution is 5.83. The van der Waals surface area contributed by atoms with Gasteiger partial charge in [0, 0.05) is 5.39 Å². The molecule has 0 spiro atoms. The molecule has 0 radical (unpaired) electrons. The lowest BCUT2D eigenvalue weighted by molar-refractivity contribution is -0.310. The second-order valence-electron chi connectivity index (χ2n) is 3.88. The van der Waals surface area contributed by atoms with Gasteiger partial charge in [-0.3, -0.25) is 4.79 Å². The molecule has 1 aromatic heterocycles. The maximum absolute atomic E-state index is 12.0. The topological polar surface area (TPSA) is 75.0 Å². The maximum atomic E-state index is 12.0. The molecule has 0 N–H and O–H groups in total. The molecule has 5 heteroatoms. The summed E-state index contributed by atoms with van der Waals surface area (Å²) in [6.07, 6.45) is 0. The molecule has 0 unspecified atom stereocenters. The van der Waals surface area contributed by atoms with Crippen LogP contribution in [0, 0.1) is 6.92 Å². The number of fused-ring (bicyclic) bond motifs is 1. The second kappa shape index (κ2) is 4.01. The Labute approximate surface area is 97.3 Å². The van der Waals surface area contributed by atoms with Crippen LogP contribution in [0.4, 0.5) is 0 Å². The summed E-state index contributed by atoms with van der Waals surface area (Å²) in [7, 11) is 0. The van der Waals surface area contributed by atoms with E-state index in [4.69, 9.17) is 0 Å². The van der Waals surface area contributed by atoms with Gasteiger partial charge in [0.25, 0.3) is 5.56 Å². The van der Waals surface area contributed by atoms with Crippen LogP contribution in [0.25, 0.3) is 10.8 Å². The Hall–Kier alpha value is -2.17. The number of nitrogens with zero attached hydrogens (tertiary/aromatic N) is 2. The zero-order valence-corrected chi connectivity index (χ0v) is 9.51. The van der Waals surface area contributed by atoms with Gasteiger partial charge in [-0.1, -0.05) is 18.2 Å². The highest BCUT2D eigenvalue weighted by Crippen LogP contribution is 2.13. The minimum Gasteiger partial charge on any atom is -0.548 e. The number of carbonyl (C=O) groups excluding carboxylic acids is 1. The first kappa shape index (κ1) is 11.3. The van der Waals surface area contributed by atoms with Crippen molar-refractivity contribution in [1.82, 2.24) is 9.78 Å². The molecule has 0 aliphatic rings. The van der Waals surface area contributed by atoms with Gasteiger partial charge in [0.1, 0.15) is 0 Å². The van der Waals surface area contributed by atoms with Crippen LogP contribution in [-0.4, -0.2) is 15.7 Å². The van der Waals surface area contributed by atoms with E-state index in [1.165, 1.54) is 6.92 Å². The molecule has 0 saturated heterocycles.